The van der Waals surface area contributed by atoms with Gasteiger partial charge in [-0.25, -0.2) is 13.1 Å². The summed E-state index contributed by atoms with van der Waals surface area (Å²) in [5, 5.41) is 0.180. The van der Waals surface area contributed by atoms with Crippen molar-refractivity contribution in [3.05, 3.63) is 23.2 Å². The second kappa shape index (κ2) is 5.52. The van der Waals surface area contributed by atoms with Crippen LogP contribution in [0, 0.1) is 0 Å². The van der Waals surface area contributed by atoms with Gasteiger partial charge in [0.25, 0.3) is 0 Å². The van der Waals surface area contributed by atoms with Crippen molar-refractivity contribution in [1.82, 2.24) is 9.62 Å². The second-order valence-corrected chi connectivity index (χ2v) is 7.63. The molecule has 0 radical (unpaired) electrons. The number of rotatable bonds is 5. The lowest BCUT2D eigenvalue weighted by atomic mass is 9.76. The molecule has 0 aromatic heterocycles. The molecule has 1 aliphatic carbocycles. The molecule has 20 heavy (non-hydrogen) atoms. The molecule has 1 aromatic carbocycles. The average Bonchev–Trinajstić information content (AvgIpc) is 2.30. The third-order valence-corrected chi connectivity index (χ3v) is 5.95. The lowest BCUT2D eigenvalue weighted by molar-refractivity contribution is 0.0657. The molecule has 2 rings (SSSR count). The van der Waals surface area contributed by atoms with E-state index in [0.717, 1.165) is 19.3 Å². The van der Waals surface area contributed by atoms with Gasteiger partial charge in [0.2, 0.25) is 10.0 Å². The fourth-order valence-corrected chi connectivity index (χ4v) is 4.05. The average molecular weight is 318 g/mol. The zero-order chi connectivity index (χ0) is 15.0. The first kappa shape index (κ1) is 15.6. The number of nitrogen functional groups attached to an aromatic ring is 1. The maximum atomic E-state index is 12.3. The van der Waals surface area contributed by atoms with E-state index in [-0.39, 0.29) is 15.5 Å². The van der Waals surface area contributed by atoms with Crippen LogP contribution in [0.3, 0.4) is 0 Å². The highest BCUT2D eigenvalue weighted by molar-refractivity contribution is 7.89. The zero-order valence-electron chi connectivity index (χ0n) is 11.7. The smallest absolute Gasteiger partial charge is 0.242 e. The number of anilines is 1. The van der Waals surface area contributed by atoms with Crippen molar-refractivity contribution in [3.63, 3.8) is 0 Å². The third kappa shape index (κ3) is 2.93. The van der Waals surface area contributed by atoms with Crippen molar-refractivity contribution in [3.8, 4) is 0 Å². The molecular weight excluding hydrogens is 298 g/mol. The van der Waals surface area contributed by atoms with Crippen LogP contribution in [0.5, 0.6) is 0 Å². The van der Waals surface area contributed by atoms with Gasteiger partial charge in [-0.3, -0.25) is 0 Å². The minimum atomic E-state index is -3.64. The van der Waals surface area contributed by atoms with Gasteiger partial charge in [0.05, 0.1) is 5.02 Å². The number of hydrogen-bond donors (Lipinski definition) is 2. The Morgan fingerprint density at radius 2 is 2.05 bits per heavy atom. The van der Waals surface area contributed by atoms with Crippen LogP contribution in [-0.4, -0.2) is 39.5 Å². The number of nitrogens with zero attached hydrogens (tertiary/aromatic N) is 1. The predicted octanol–water partition coefficient (Wildman–Crippen LogP) is 1.68. The number of hydrogen-bond acceptors (Lipinski definition) is 4. The molecule has 0 unspecified atom stereocenters. The molecule has 5 nitrogen and oxygen atoms in total. The summed E-state index contributed by atoms with van der Waals surface area (Å²) >= 11 is 5.96. The maximum absolute atomic E-state index is 12.3. The molecule has 1 saturated carbocycles. The molecule has 3 N–H and O–H groups in total. The van der Waals surface area contributed by atoms with Gasteiger partial charge in [-0.05, 0) is 51.6 Å². The van der Waals surface area contributed by atoms with Gasteiger partial charge in [0, 0.05) is 17.8 Å². The molecule has 1 fully saturated rings. The number of halogens is 1. The molecule has 1 aromatic rings. The van der Waals surface area contributed by atoms with Gasteiger partial charge in [-0.2, -0.15) is 0 Å². The fourth-order valence-electron chi connectivity index (χ4n) is 2.40. The standard InChI is InChI=1S/C13H20ClN3O2S/c1-17(2)13(6-3-7-13)9-16-20(18,19)12-8-10(15)4-5-11(12)14/h4-5,8,16H,3,6-7,9,15H2,1-2H3. The SMILES string of the molecule is CN(C)C1(CNS(=O)(=O)c2cc(N)ccc2Cl)CCC1. The summed E-state index contributed by atoms with van der Waals surface area (Å²) < 4.78 is 27.3. The molecule has 0 amide bonds. The highest BCUT2D eigenvalue weighted by atomic mass is 35.5. The second-order valence-electron chi connectivity index (χ2n) is 5.49. The number of benzene rings is 1. The molecule has 0 saturated heterocycles. The molecule has 112 valence electrons. The van der Waals surface area contributed by atoms with Crippen molar-refractivity contribution in [1.29, 1.82) is 0 Å². The topological polar surface area (TPSA) is 75.4 Å². The summed E-state index contributed by atoms with van der Waals surface area (Å²) in [5.74, 6) is 0. The van der Waals surface area contributed by atoms with Crippen molar-refractivity contribution in [2.75, 3.05) is 26.4 Å². The molecule has 0 spiro atoms. The number of nitrogens with two attached hydrogens (primary N) is 1. The van der Waals surface area contributed by atoms with Crippen LogP contribution < -0.4 is 10.5 Å². The van der Waals surface area contributed by atoms with Crippen LogP contribution in [0.25, 0.3) is 0 Å². The van der Waals surface area contributed by atoms with Crippen molar-refractivity contribution >= 4 is 27.3 Å². The third-order valence-electron chi connectivity index (χ3n) is 4.07. The van der Waals surface area contributed by atoms with Crippen LogP contribution in [0.4, 0.5) is 5.69 Å². The molecule has 1 aliphatic rings. The molecule has 0 aliphatic heterocycles. The molecular formula is C13H20ClN3O2S. The Bertz CT molecular complexity index is 598. The van der Waals surface area contributed by atoms with E-state index in [2.05, 4.69) is 9.62 Å². The Balaban J connectivity index is 2.17. The Labute approximate surface area is 125 Å². The van der Waals surface area contributed by atoms with E-state index in [9.17, 15) is 8.42 Å². The molecule has 0 bridgehead atoms. The number of nitrogens with one attached hydrogen (secondary N) is 1. The first-order chi connectivity index (χ1) is 9.27. The van der Waals surface area contributed by atoms with Crippen molar-refractivity contribution in [2.24, 2.45) is 0 Å². The quantitative estimate of drug-likeness (QED) is 0.810. The minimum absolute atomic E-state index is 0.0346. The first-order valence-corrected chi connectivity index (χ1v) is 8.35. The van der Waals surface area contributed by atoms with Crippen LogP contribution in [0.2, 0.25) is 5.02 Å². The van der Waals surface area contributed by atoms with E-state index in [1.54, 1.807) is 6.07 Å². The largest absolute Gasteiger partial charge is 0.399 e. The Hall–Kier alpha value is -0.820. The van der Waals surface area contributed by atoms with E-state index in [1.165, 1.54) is 12.1 Å². The van der Waals surface area contributed by atoms with E-state index in [1.807, 2.05) is 14.1 Å². The fraction of sp³-hybridized carbons (Fsp3) is 0.538. The number of likely N-dealkylation sites (N-methyl/N-ethyl adjacent to an activating group) is 1. The number of sulfonamides is 1. The monoisotopic (exact) mass is 317 g/mol. The highest BCUT2D eigenvalue weighted by Gasteiger charge is 2.40. The Kier molecular flexibility index (Phi) is 4.30. The lowest BCUT2D eigenvalue weighted by Gasteiger charge is -2.47. The van der Waals surface area contributed by atoms with Gasteiger partial charge in [-0.15, -0.1) is 0 Å². The van der Waals surface area contributed by atoms with E-state index in [0.29, 0.717) is 12.2 Å². The molecule has 0 atom stereocenters. The summed E-state index contributed by atoms with van der Waals surface area (Å²) in [4.78, 5) is 2.12. The van der Waals surface area contributed by atoms with E-state index < -0.39 is 10.0 Å². The Morgan fingerprint density at radius 1 is 1.40 bits per heavy atom. The first-order valence-electron chi connectivity index (χ1n) is 6.49. The van der Waals surface area contributed by atoms with E-state index in [4.69, 9.17) is 17.3 Å². The summed E-state index contributed by atoms with van der Waals surface area (Å²) in [5.41, 5.74) is 5.92. The van der Waals surface area contributed by atoms with E-state index >= 15 is 0 Å². The van der Waals surface area contributed by atoms with Gasteiger partial charge >= 0.3 is 0 Å². The highest BCUT2D eigenvalue weighted by Crippen LogP contribution is 2.36. The van der Waals surface area contributed by atoms with Crippen LogP contribution >= 0.6 is 11.6 Å². The van der Waals surface area contributed by atoms with Gasteiger partial charge < -0.3 is 10.6 Å². The Morgan fingerprint density at radius 3 is 2.55 bits per heavy atom. The van der Waals surface area contributed by atoms with Crippen LogP contribution in [0.15, 0.2) is 23.1 Å². The van der Waals surface area contributed by atoms with Gasteiger partial charge in [-0.1, -0.05) is 11.6 Å². The predicted molar refractivity (Wildman–Crippen MR) is 81.3 cm³/mol. The molecule has 7 heteroatoms. The van der Waals surface area contributed by atoms with Gasteiger partial charge in [0.1, 0.15) is 4.90 Å². The maximum Gasteiger partial charge on any atom is 0.242 e. The summed E-state index contributed by atoms with van der Waals surface area (Å²) in [6.45, 7) is 0.382. The van der Waals surface area contributed by atoms with Crippen LogP contribution in [0.1, 0.15) is 19.3 Å². The zero-order valence-corrected chi connectivity index (χ0v) is 13.3. The normalized spacial score (nSPS) is 18.0. The van der Waals surface area contributed by atoms with Crippen molar-refractivity contribution in [2.45, 2.75) is 29.7 Å². The molecule has 0 heterocycles. The minimum Gasteiger partial charge on any atom is -0.399 e. The summed E-state index contributed by atoms with van der Waals surface area (Å²) in [6, 6.07) is 4.46. The van der Waals surface area contributed by atoms with Crippen molar-refractivity contribution < 1.29 is 8.42 Å². The summed E-state index contributed by atoms with van der Waals surface area (Å²) in [7, 11) is 0.301. The lowest BCUT2D eigenvalue weighted by Crippen LogP contribution is -2.57. The summed E-state index contributed by atoms with van der Waals surface area (Å²) in [6.07, 6.45) is 3.11. The van der Waals surface area contributed by atoms with Crippen LogP contribution in [-0.2, 0) is 10.0 Å². The van der Waals surface area contributed by atoms with Gasteiger partial charge in [0.15, 0.2) is 0 Å².